The van der Waals surface area contributed by atoms with Gasteiger partial charge in [-0.1, -0.05) is 24.6 Å². The van der Waals surface area contributed by atoms with Crippen LogP contribution in [0.25, 0.3) is 0 Å². The zero-order chi connectivity index (χ0) is 24.6. The first kappa shape index (κ1) is 24.2. The van der Waals surface area contributed by atoms with Gasteiger partial charge in [0.2, 0.25) is 11.8 Å². The topological polar surface area (TPSA) is 107 Å². The predicted octanol–water partition coefficient (Wildman–Crippen LogP) is 5.09. The summed E-state index contributed by atoms with van der Waals surface area (Å²) in [5.41, 5.74) is 0.967. The molecule has 1 heterocycles. The van der Waals surface area contributed by atoms with Gasteiger partial charge in [-0.25, -0.2) is 9.78 Å². The molecule has 0 radical (unpaired) electrons. The lowest BCUT2D eigenvalue weighted by Gasteiger charge is -2.30. The lowest BCUT2D eigenvalue weighted by molar-refractivity contribution is -0.115. The number of carboxylic acid groups (broad SMARTS) is 1. The summed E-state index contributed by atoms with van der Waals surface area (Å²) in [6.07, 6.45) is 6.10. The second-order valence-corrected chi connectivity index (χ2v) is 8.37. The summed E-state index contributed by atoms with van der Waals surface area (Å²) in [5, 5.41) is 11.9. The van der Waals surface area contributed by atoms with Gasteiger partial charge >= 0.3 is 5.97 Å². The number of carboxylic acids is 1. The molecule has 0 bridgehead atoms. The number of nitrogens with one attached hydrogen (secondary N) is 1. The van der Waals surface area contributed by atoms with Crippen molar-refractivity contribution in [3.63, 3.8) is 0 Å². The van der Waals surface area contributed by atoms with Crippen LogP contribution in [0.2, 0.25) is 0 Å². The van der Waals surface area contributed by atoms with E-state index in [0.717, 1.165) is 25.0 Å². The van der Waals surface area contributed by atoms with Crippen LogP contribution in [-0.4, -0.2) is 41.3 Å². The van der Waals surface area contributed by atoms with E-state index in [4.69, 9.17) is 14.2 Å². The number of hydrogen-bond acceptors (Lipinski definition) is 6. The number of para-hydroxylation sites is 1. The number of ether oxygens (including phenoxy) is 3. The van der Waals surface area contributed by atoms with Crippen LogP contribution in [0.5, 0.6) is 17.4 Å². The Morgan fingerprint density at radius 2 is 1.69 bits per heavy atom. The third kappa shape index (κ3) is 6.58. The van der Waals surface area contributed by atoms with E-state index in [1.165, 1.54) is 12.5 Å². The Bertz CT molecular complexity index is 1150. The molecule has 3 aromatic rings. The third-order valence-electron chi connectivity index (χ3n) is 5.87. The molecule has 0 aliphatic heterocycles. The van der Waals surface area contributed by atoms with E-state index in [9.17, 15) is 14.7 Å². The molecule has 1 aromatic heterocycles. The first-order chi connectivity index (χ1) is 17.0. The molecule has 1 aliphatic rings. The van der Waals surface area contributed by atoms with Gasteiger partial charge in [-0.05, 0) is 61.2 Å². The number of anilines is 1. The van der Waals surface area contributed by atoms with E-state index in [-0.39, 0.29) is 35.8 Å². The number of nitrogens with zero attached hydrogens (tertiary/aromatic N) is 1. The second kappa shape index (κ2) is 11.5. The number of benzene rings is 2. The zero-order valence-corrected chi connectivity index (χ0v) is 19.5. The van der Waals surface area contributed by atoms with Crippen molar-refractivity contribution in [1.82, 2.24) is 4.98 Å². The summed E-state index contributed by atoms with van der Waals surface area (Å²) in [4.78, 5) is 27.9. The van der Waals surface area contributed by atoms with E-state index in [1.807, 2.05) is 24.3 Å². The molecule has 1 fully saturated rings. The van der Waals surface area contributed by atoms with Crippen molar-refractivity contribution in [3.05, 3.63) is 78.0 Å². The molecule has 4 rings (SSSR count). The van der Waals surface area contributed by atoms with Gasteiger partial charge in [0.15, 0.2) is 0 Å². The number of hydrogen-bond donors (Lipinski definition) is 2. The van der Waals surface area contributed by atoms with Crippen molar-refractivity contribution in [2.45, 2.75) is 44.3 Å². The Balaban J connectivity index is 1.30. The van der Waals surface area contributed by atoms with Crippen LogP contribution in [0.1, 0.15) is 41.6 Å². The molecule has 2 N–H and O–H groups in total. The smallest absolute Gasteiger partial charge is 0.337 e. The van der Waals surface area contributed by atoms with Gasteiger partial charge in [0, 0.05) is 19.4 Å². The fourth-order valence-corrected chi connectivity index (χ4v) is 4.08. The van der Waals surface area contributed by atoms with Gasteiger partial charge in [0.05, 0.1) is 23.8 Å². The summed E-state index contributed by atoms with van der Waals surface area (Å²) in [7, 11) is 1.73. The molecule has 0 spiro atoms. The van der Waals surface area contributed by atoms with Gasteiger partial charge in [0.25, 0.3) is 0 Å². The Labute approximate surface area is 203 Å². The lowest BCUT2D eigenvalue weighted by atomic mass is 9.94. The largest absolute Gasteiger partial charge is 0.488 e. The Hall–Kier alpha value is -3.91. The molecule has 1 amide bonds. The van der Waals surface area contributed by atoms with Crippen molar-refractivity contribution < 1.29 is 28.9 Å². The third-order valence-corrected chi connectivity index (χ3v) is 5.87. The minimum atomic E-state index is -1.10. The highest BCUT2D eigenvalue weighted by Gasteiger charge is 2.26. The molecule has 35 heavy (non-hydrogen) atoms. The molecule has 2 aromatic carbocycles. The van der Waals surface area contributed by atoms with E-state index in [1.54, 1.807) is 43.6 Å². The minimum absolute atomic E-state index is 0.0383. The van der Waals surface area contributed by atoms with Crippen molar-refractivity contribution in [1.29, 1.82) is 0 Å². The highest BCUT2D eigenvalue weighted by atomic mass is 16.5. The van der Waals surface area contributed by atoms with E-state index >= 15 is 0 Å². The van der Waals surface area contributed by atoms with Crippen LogP contribution < -0.4 is 14.8 Å². The maximum atomic E-state index is 12.4. The second-order valence-electron chi connectivity index (χ2n) is 8.37. The van der Waals surface area contributed by atoms with Crippen molar-refractivity contribution in [2.75, 3.05) is 12.4 Å². The summed E-state index contributed by atoms with van der Waals surface area (Å²) in [6.45, 7) is 0. The number of rotatable bonds is 9. The number of methoxy groups -OCH3 is 1. The maximum Gasteiger partial charge on any atom is 0.337 e. The van der Waals surface area contributed by atoms with Crippen molar-refractivity contribution in [2.24, 2.45) is 0 Å². The summed E-state index contributed by atoms with van der Waals surface area (Å²) < 4.78 is 17.5. The molecule has 0 saturated heterocycles. The van der Waals surface area contributed by atoms with Crippen LogP contribution in [0.4, 0.5) is 5.69 Å². The normalized spacial score (nSPS) is 17.4. The minimum Gasteiger partial charge on any atom is -0.488 e. The van der Waals surface area contributed by atoms with Gasteiger partial charge in [-0.3, -0.25) is 4.79 Å². The first-order valence-electron chi connectivity index (χ1n) is 11.6. The molecule has 1 saturated carbocycles. The van der Waals surface area contributed by atoms with Gasteiger partial charge < -0.3 is 24.6 Å². The molecule has 2 atom stereocenters. The van der Waals surface area contributed by atoms with Crippen LogP contribution >= 0.6 is 0 Å². The van der Waals surface area contributed by atoms with E-state index in [2.05, 4.69) is 10.3 Å². The van der Waals surface area contributed by atoms with E-state index < -0.39 is 5.97 Å². The lowest BCUT2D eigenvalue weighted by Crippen LogP contribution is -2.36. The number of carbonyl (C=O) groups is 2. The maximum absolute atomic E-state index is 12.4. The van der Waals surface area contributed by atoms with Crippen LogP contribution in [-0.2, 0) is 16.0 Å². The average Bonchev–Trinajstić information content (AvgIpc) is 2.87. The number of pyridine rings is 1. The quantitative estimate of drug-likeness (QED) is 0.443. The Morgan fingerprint density at radius 1 is 0.971 bits per heavy atom. The van der Waals surface area contributed by atoms with Crippen LogP contribution in [0, 0.1) is 0 Å². The highest BCUT2D eigenvalue weighted by Crippen LogP contribution is 2.28. The monoisotopic (exact) mass is 476 g/mol. The van der Waals surface area contributed by atoms with E-state index in [0.29, 0.717) is 17.2 Å². The van der Waals surface area contributed by atoms with Gasteiger partial charge in [-0.15, -0.1) is 0 Å². The number of aromatic carboxylic acids is 1. The van der Waals surface area contributed by atoms with Crippen LogP contribution in [0.15, 0.2) is 66.9 Å². The number of amides is 1. The molecule has 8 heteroatoms. The molecule has 0 unspecified atom stereocenters. The molecule has 8 nitrogen and oxygen atoms in total. The number of aromatic nitrogens is 1. The Morgan fingerprint density at radius 3 is 2.37 bits per heavy atom. The average molecular weight is 477 g/mol. The molecule has 182 valence electrons. The fraction of sp³-hybridized carbons (Fsp3) is 0.296. The van der Waals surface area contributed by atoms with Crippen molar-refractivity contribution in [3.8, 4) is 17.4 Å². The van der Waals surface area contributed by atoms with Gasteiger partial charge in [-0.2, -0.15) is 0 Å². The molecular weight excluding hydrogens is 448 g/mol. The van der Waals surface area contributed by atoms with Crippen molar-refractivity contribution >= 4 is 17.6 Å². The van der Waals surface area contributed by atoms with Crippen LogP contribution in [0.3, 0.4) is 0 Å². The summed E-state index contributed by atoms with van der Waals surface area (Å²) in [6, 6.07) is 17.1. The number of carbonyl (C=O) groups excluding carboxylic acids is 1. The predicted molar refractivity (Wildman–Crippen MR) is 130 cm³/mol. The molecular formula is C27H28N2O6. The fourth-order valence-electron chi connectivity index (χ4n) is 4.08. The Kier molecular flexibility index (Phi) is 7.95. The van der Waals surface area contributed by atoms with Gasteiger partial charge in [0.1, 0.15) is 17.6 Å². The standard InChI is InChI=1S/C27H28N2O6/c1-33-23-8-4-5-9-24(23)34-19-11-13-20(14-12-19)35-26-15-10-18(17-28-26)16-25(30)29-22-7-3-2-6-21(22)27(31)32/h2-3,6-7,10-15,17,23-24H,4-5,8-9,16H2,1H3,(H,29,30)(H,31,32)/t23-,24-/m1/s1. The zero-order valence-electron chi connectivity index (χ0n) is 19.5. The summed E-state index contributed by atoms with van der Waals surface area (Å²) in [5.74, 6) is 0.346. The summed E-state index contributed by atoms with van der Waals surface area (Å²) >= 11 is 0. The first-order valence-corrected chi connectivity index (χ1v) is 11.6. The molecule has 1 aliphatic carbocycles. The SMILES string of the molecule is CO[C@@H]1CCCC[C@H]1Oc1ccc(Oc2ccc(CC(=O)Nc3ccccc3C(=O)O)cn2)cc1. The highest BCUT2D eigenvalue weighted by molar-refractivity contribution is 6.00.